The Hall–Kier alpha value is -5.09. The third-order valence-corrected chi connectivity index (χ3v) is 9.12. The Morgan fingerprint density at radius 3 is 1.00 bits per heavy atom. The van der Waals surface area contributed by atoms with E-state index in [9.17, 15) is 0 Å². The predicted octanol–water partition coefficient (Wildman–Crippen LogP) is 7.66. The van der Waals surface area contributed by atoms with E-state index in [0.717, 1.165) is 47.0 Å². The Labute approximate surface area is 351 Å². The topological polar surface area (TPSA) is 130 Å². The van der Waals surface area contributed by atoms with Crippen molar-refractivity contribution in [3.63, 3.8) is 0 Å². The summed E-state index contributed by atoms with van der Waals surface area (Å²) < 4.78 is 67.0. The van der Waals surface area contributed by atoms with Gasteiger partial charge in [0.2, 0.25) is 11.8 Å². The van der Waals surface area contributed by atoms with Crippen LogP contribution < -0.4 is 18.9 Å². The number of benzene rings is 4. The summed E-state index contributed by atoms with van der Waals surface area (Å²) in [5, 5.41) is 0. The molecule has 60 heavy (non-hydrogen) atoms. The standard InChI is InChI=1S/C47H53NO12/c1-2-46(59-42-16-8-38(9-17-42)36-4-12-40(13-5-36)55-30-28-51-22-20-49-24-26-53-32-44-34-57-44)48-47(3-1)60-43-18-10-39(11-19-43)37-6-14-41(15-7-37)56-31-29-52-23-21-50-25-27-54-33-45-35-58-45/h1-19,44-45H,20-35H2. The van der Waals surface area contributed by atoms with Crippen molar-refractivity contribution < 1.29 is 56.8 Å². The average molecular weight is 824 g/mol. The van der Waals surface area contributed by atoms with Gasteiger partial charge in [0.1, 0.15) is 48.4 Å². The van der Waals surface area contributed by atoms with Gasteiger partial charge in [0, 0.05) is 12.1 Å². The van der Waals surface area contributed by atoms with Gasteiger partial charge in [0.15, 0.2) is 0 Å². The van der Waals surface area contributed by atoms with Crippen molar-refractivity contribution >= 4 is 0 Å². The van der Waals surface area contributed by atoms with Crippen molar-refractivity contribution in [1.29, 1.82) is 0 Å². The summed E-state index contributed by atoms with van der Waals surface area (Å²) in [5.74, 6) is 3.75. The molecule has 0 saturated carbocycles. The predicted molar refractivity (Wildman–Crippen MR) is 224 cm³/mol. The van der Waals surface area contributed by atoms with Gasteiger partial charge < -0.3 is 56.8 Å². The molecule has 2 aliphatic rings. The second kappa shape index (κ2) is 24.2. The van der Waals surface area contributed by atoms with Gasteiger partial charge in [-0.25, -0.2) is 0 Å². The summed E-state index contributed by atoms with van der Waals surface area (Å²) >= 11 is 0. The number of nitrogens with zero attached hydrogens (tertiary/aromatic N) is 1. The molecule has 0 spiro atoms. The number of epoxide rings is 2. The SMILES string of the molecule is c1cc(Oc2ccc(-c3ccc(OCCOCCOCCOCC4CO4)cc3)cc2)nc(Oc2ccc(-c3ccc(OCCOCCOCCOCC4CO4)cc3)cc2)c1. The largest absolute Gasteiger partial charge is 0.491 e. The summed E-state index contributed by atoms with van der Waals surface area (Å²) in [4.78, 5) is 4.56. The Morgan fingerprint density at radius 2 is 0.667 bits per heavy atom. The Balaban J connectivity index is 0.761. The van der Waals surface area contributed by atoms with Crippen molar-refractivity contribution in [3.05, 3.63) is 115 Å². The summed E-state index contributed by atoms with van der Waals surface area (Å²) in [5.41, 5.74) is 4.24. The van der Waals surface area contributed by atoms with E-state index in [-0.39, 0.29) is 12.2 Å². The lowest BCUT2D eigenvalue weighted by Crippen LogP contribution is -2.13. The van der Waals surface area contributed by atoms with Crippen LogP contribution in [0.4, 0.5) is 0 Å². The van der Waals surface area contributed by atoms with E-state index in [1.807, 2.05) is 103 Å². The minimum absolute atomic E-state index is 0.282. The van der Waals surface area contributed by atoms with Crippen molar-refractivity contribution in [2.45, 2.75) is 12.2 Å². The molecule has 2 atom stereocenters. The molecule has 2 aliphatic heterocycles. The molecular weight excluding hydrogens is 771 g/mol. The van der Waals surface area contributed by atoms with Crippen molar-refractivity contribution in [2.75, 3.05) is 106 Å². The molecule has 0 N–H and O–H groups in total. The second-order valence-electron chi connectivity index (χ2n) is 13.8. The van der Waals surface area contributed by atoms with Crippen LogP contribution in [0.25, 0.3) is 22.3 Å². The van der Waals surface area contributed by atoms with Crippen LogP contribution in [0, 0.1) is 0 Å². The highest BCUT2D eigenvalue weighted by Crippen LogP contribution is 2.30. The maximum Gasteiger partial charge on any atom is 0.222 e. The van der Waals surface area contributed by atoms with Crippen molar-refractivity contribution in [2.24, 2.45) is 0 Å². The second-order valence-corrected chi connectivity index (χ2v) is 13.8. The maximum atomic E-state index is 6.06. The molecule has 0 bridgehead atoms. The molecule has 318 valence electrons. The first-order valence-electron chi connectivity index (χ1n) is 20.4. The van der Waals surface area contributed by atoms with Gasteiger partial charge >= 0.3 is 0 Å². The smallest absolute Gasteiger partial charge is 0.222 e. The van der Waals surface area contributed by atoms with Crippen LogP contribution in [0.15, 0.2) is 115 Å². The van der Waals surface area contributed by atoms with Gasteiger partial charge in [-0.1, -0.05) is 54.6 Å². The van der Waals surface area contributed by atoms with Crippen LogP contribution in [0.3, 0.4) is 0 Å². The van der Waals surface area contributed by atoms with Gasteiger partial charge in [-0.05, 0) is 70.8 Å². The number of pyridine rings is 1. The molecule has 2 unspecified atom stereocenters. The van der Waals surface area contributed by atoms with Gasteiger partial charge in [-0.15, -0.1) is 0 Å². The lowest BCUT2D eigenvalue weighted by Gasteiger charge is -2.10. The minimum atomic E-state index is 0.282. The molecule has 4 aromatic carbocycles. The zero-order valence-electron chi connectivity index (χ0n) is 33.8. The first kappa shape index (κ1) is 43.0. The van der Waals surface area contributed by atoms with E-state index < -0.39 is 0 Å². The highest BCUT2D eigenvalue weighted by Gasteiger charge is 2.22. The number of rotatable bonds is 30. The molecule has 1 aromatic heterocycles. The molecule has 0 aliphatic carbocycles. The van der Waals surface area contributed by atoms with E-state index >= 15 is 0 Å². The fourth-order valence-corrected chi connectivity index (χ4v) is 5.74. The zero-order chi connectivity index (χ0) is 40.9. The van der Waals surface area contributed by atoms with Gasteiger partial charge in [0.25, 0.3) is 0 Å². The lowest BCUT2D eigenvalue weighted by atomic mass is 10.1. The fourth-order valence-electron chi connectivity index (χ4n) is 5.74. The summed E-state index contributed by atoms with van der Waals surface area (Å²) in [6.07, 6.45) is 0.564. The van der Waals surface area contributed by atoms with Gasteiger partial charge in [-0.2, -0.15) is 4.98 Å². The Morgan fingerprint density at radius 1 is 0.367 bits per heavy atom. The van der Waals surface area contributed by atoms with Crippen molar-refractivity contribution in [1.82, 2.24) is 4.98 Å². The van der Waals surface area contributed by atoms with Crippen LogP contribution >= 0.6 is 0 Å². The van der Waals surface area contributed by atoms with E-state index in [1.165, 1.54) is 0 Å². The van der Waals surface area contributed by atoms with E-state index in [2.05, 4.69) is 4.98 Å². The van der Waals surface area contributed by atoms with Gasteiger partial charge in [-0.3, -0.25) is 0 Å². The number of ether oxygens (including phenoxy) is 12. The molecule has 2 fully saturated rings. The van der Waals surface area contributed by atoms with Crippen molar-refractivity contribution in [3.8, 4) is 57.0 Å². The normalized spacial score (nSPS) is 15.4. The molecule has 0 radical (unpaired) electrons. The van der Waals surface area contributed by atoms with E-state index in [4.69, 9.17) is 56.8 Å². The van der Waals surface area contributed by atoms with Crippen LogP contribution in [-0.2, 0) is 37.9 Å². The fraction of sp³-hybridized carbons (Fsp3) is 0.383. The third-order valence-electron chi connectivity index (χ3n) is 9.12. The number of hydrogen-bond donors (Lipinski definition) is 0. The Kier molecular flexibility index (Phi) is 17.4. The van der Waals surface area contributed by atoms with Crippen LogP contribution in [0.2, 0.25) is 0 Å². The van der Waals surface area contributed by atoms with Crippen LogP contribution in [-0.4, -0.2) is 123 Å². The molecule has 5 aromatic rings. The van der Waals surface area contributed by atoms with Gasteiger partial charge in [0.05, 0.1) is 92.5 Å². The quantitative estimate of drug-likeness (QED) is 0.0332. The summed E-state index contributed by atoms with van der Waals surface area (Å²) in [6, 6.07) is 37.1. The molecule has 13 nitrogen and oxygen atoms in total. The molecule has 3 heterocycles. The summed E-state index contributed by atoms with van der Waals surface area (Å²) in [6.45, 7) is 9.08. The average Bonchev–Trinajstić information content (AvgIpc) is 4.23. The van der Waals surface area contributed by atoms with E-state index in [1.54, 1.807) is 12.1 Å². The summed E-state index contributed by atoms with van der Waals surface area (Å²) in [7, 11) is 0. The lowest BCUT2D eigenvalue weighted by molar-refractivity contribution is 0.00708. The van der Waals surface area contributed by atoms with Crippen LogP contribution in [0.5, 0.6) is 34.8 Å². The first-order valence-corrected chi connectivity index (χ1v) is 20.4. The maximum absolute atomic E-state index is 6.06. The molecule has 7 rings (SSSR count). The number of aromatic nitrogens is 1. The highest BCUT2D eigenvalue weighted by atomic mass is 16.6. The first-order chi connectivity index (χ1) is 29.7. The number of hydrogen-bond acceptors (Lipinski definition) is 13. The molecular formula is C47H53NO12. The molecule has 0 amide bonds. The minimum Gasteiger partial charge on any atom is -0.491 e. The monoisotopic (exact) mass is 823 g/mol. The third kappa shape index (κ3) is 15.8. The molecule has 2 saturated heterocycles. The van der Waals surface area contributed by atoms with E-state index in [0.29, 0.717) is 116 Å². The zero-order valence-corrected chi connectivity index (χ0v) is 33.8. The highest BCUT2D eigenvalue weighted by molar-refractivity contribution is 5.66. The molecule has 13 heteroatoms. The van der Waals surface area contributed by atoms with Crippen LogP contribution in [0.1, 0.15) is 0 Å². The Bertz CT molecular complexity index is 1800.